The van der Waals surface area contributed by atoms with Gasteiger partial charge >= 0.3 is 57.0 Å². The van der Waals surface area contributed by atoms with Gasteiger partial charge in [-0.2, -0.15) is 0 Å². The molecular weight excluding hydrogens is 1530 g/mol. The average molecular weight is 1610 g/mol. The van der Waals surface area contributed by atoms with Crippen LogP contribution in [0.5, 0.6) is 0 Å². The Morgan fingerprint density at radius 2 is 0.455 bits per heavy atom. The van der Waals surface area contributed by atoms with Gasteiger partial charge in [0.2, 0.25) is 0 Å². The van der Waals surface area contributed by atoms with Crippen LogP contribution >= 0.6 is 0 Å². The Morgan fingerprint density at radius 3 is 0.616 bits per heavy atom. The zero-order valence-corrected chi connectivity index (χ0v) is 58.9. The van der Waals surface area contributed by atoms with Crippen molar-refractivity contribution >= 4 is 0 Å². The molecule has 0 bridgehead atoms. The molecule has 2 radical (unpaired) electrons. The van der Waals surface area contributed by atoms with Crippen molar-refractivity contribution in [3.63, 3.8) is 0 Å². The van der Waals surface area contributed by atoms with E-state index in [1.807, 2.05) is 0 Å². The number of rotatable bonds is 24. The van der Waals surface area contributed by atoms with Crippen molar-refractivity contribution in [3.8, 4) is 0 Å². The van der Waals surface area contributed by atoms with E-state index >= 15 is 0 Å². The van der Waals surface area contributed by atoms with Gasteiger partial charge in [-0.25, -0.2) is 52.2 Å². The predicted octanol–water partition coefficient (Wildman–Crippen LogP) is -4.42. The smallest absolute Gasteiger partial charge is 0.819 e. The Balaban J connectivity index is 0.000000458. The van der Waals surface area contributed by atoms with Crippen LogP contribution in [0.1, 0.15) is 117 Å². The van der Waals surface area contributed by atoms with Crippen LogP contribution in [0.15, 0.2) is 201 Å². The van der Waals surface area contributed by atoms with Gasteiger partial charge in [0.1, 0.15) is 34.2 Å². The first-order chi connectivity index (χ1) is 46.0. The quantitative estimate of drug-likeness (QED) is 0.0328. The summed E-state index contributed by atoms with van der Waals surface area (Å²) in [5.74, 6) is -12.1. The normalized spacial score (nSPS) is 14.6. The summed E-state index contributed by atoms with van der Waals surface area (Å²) in [6.45, 7) is 13.5. The summed E-state index contributed by atoms with van der Waals surface area (Å²) < 4.78 is 101. The van der Waals surface area contributed by atoms with Crippen LogP contribution in [-0.4, -0.2) is 112 Å². The Hall–Kier alpha value is -6.07. The zero-order valence-electron chi connectivity index (χ0n) is 54.2. The number of pyridine rings is 9. The van der Waals surface area contributed by atoms with Crippen LogP contribution in [0.3, 0.4) is 0 Å². The second-order valence-electron chi connectivity index (χ2n) is 19.0. The van der Waals surface area contributed by atoms with Crippen molar-refractivity contribution in [2.45, 2.75) is 83.2 Å². The molecule has 4 N–H and O–H groups in total. The molecule has 0 unspecified atom stereocenters. The summed E-state index contributed by atoms with van der Waals surface area (Å²) in [6.07, 6.45) is 9.22. The molecule has 0 saturated carbocycles. The van der Waals surface area contributed by atoms with Gasteiger partial charge in [-0.05, 0) is 158 Å². The SMILES string of the molecule is CCO.CCO[C@]([O-])(c1ccccn1)c1cccc([C@](O)(OCC)c2ccccn2)n1.CCO[C@]([O-])(c1ccccn1)c1cccc([C@](O)(OCC)c2ccccn2)n1.CCO[C@]([O-])(c1ccccn1)c1cccc([C@](O)(OCC)c2ccccn2)n1.[Cu+2].[Gd+3].[O-][Cl+3]([O-])([O-])[O-].[O-][Cl+3]([O-])([O-])[O-]. The minimum absolute atomic E-state index is 0. The Morgan fingerprint density at radius 1 is 0.293 bits per heavy atom. The number of ether oxygens (including phenoxy) is 6. The first-order valence-corrected chi connectivity index (χ1v) is 31.9. The summed E-state index contributed by atoms with van der Waals surface area (Å²) in [4.78, 5) is 38.3. The minimum atomic E-state index is -4.94. The van der Waals surface area contributed by atoms with Crippen LogP contribution in [-0.2, 0) is 80.2 Å². The van der Waals surface area contributed by atoms with Crippen molar-refractivity contribution in [2.75, 3.05) is 46.2 Å². The number of aliphatic hydroxyl groups excluding tert-OH is 1. The third-order valence-electron chi connectivity index (χ3n) is 12.4. The van der Waals surface area contributed by atoms with E-state index in [0.29, 0.717) is 0 Å². The molecule has 0 aliphatic rings. The molecular formula is C65H72Cl2CuGdN9O21. The molecule has 34 heteroatoms. The molecule has 99 heavy (non-hydrogen) atoms. The molecule has 9 rings (SSSR count). The molecule has 0 aliphatic heterocycles. The average Bonchev–Trinajstić information content (AvgIpc) is 0.782. The fraction of sp³-hybridized carbons (Fsp3) is 0.308. The summed E-state index contributed by atoms with van der Waals surface area (Å²) >= 11 is 0. The maximum Gasteiger partial charge on any atom is 3.00 e. The van der Waals surface area contributed by atoms with Gasteiger partial charge in [-0.1, -0.05) is 54.6 Å². The Kier molecular flexibility index (Phi) is 38.7. The Labute approximate surface area is 617 Å². The zero-order chi connectivity index (χ0) is 71.8. The first kappa shape index (κ1) is 89.0. The van der Waals surface area contributed by atoms with Crippen molar-refractivity contribution in [3.05, 3.63) is 269 Å². The Bertz CT molecular complexity index is 3080. The summed E-state index contributed by atoms with van der Waals surface area (Å²) in [6, 6.07) is 44.6. The van der Waals surface area contributed by atoms with E-state index in [-0.39, 0.29) is 172 Å². The number of aliphatic hydroxyl groups is 4. The molecule has 0 saturated heterocycles. The fourth-order valence-corrected chi connectivity index (χ4v) is 8.69. The van der Waals surface area contributed by atoms with E-state index < -0.39 is 55.2 Å². The van der Waals surface area contributed by atoms with Crippen molar-refractivity contribution < 1.29 is 179 Å². The van der Waals surface area contributed by atoms with Gasteiger partial charge in [0.25, 0.3) is 17.4 Å². The summed E-state index contributed by atoms with van der Waals surface area (Å²) in [5.41, 5.74) is 1.98. The van der Waals surface area contributed by atoms with Crippen LogP contribution in [0.2, 0.25) is 0 Å². The van der Waals surface area contributed by atoms with Crippen LogP contribution in [0, 0.1) is 60.4 Å². The van der Waals surface area contributed by atoms with Crippen LogP contribution in [0.4, 0.5) is 0 Å². The van der Waals surface area contributed by atoms with Crippen molar-refractivity contribution in [2.24, 2.45) is 0 Å². The predicted molar refractivity (Wildman–Crippen MR) is 312 cm³/mol. The van der Waals surface area contributed by atoms with E-state index in [4.69, 9.17) is 70.8 Å². The summed E-state index contributed by atoms with van der Waals surface area (Å²) in [5, 5.41) is 82.1. The molecule has 536 valence electrons. The van der Waals surface area contributed by atoms with Crippen molar-refractivity contribution in [1.29, 1.82) is 0 Å². The molecule has 0 amide bonds. The van der Waals surface area contributed by atoms with Gasteiger partial charge in [0.05, 0.1) is 51.5 Å². The number of halogens is 2. The molecule has 0 spiro atoms. The van der Waals surface area contributed by atoms with Crippen LogP contribution in [0.25, 0.3) is 0 Å². The van der Waals surface area contributed by atoms with E-state index in [1.54, 1.807) is 231 Å². The van der Waals surface area contributed by atoms with Gasteiger partial charge in [0.15, 0.2) is 0 Å². The van der Waals surface area contributed by atoms with E-state index in [9.17, 15) is 30.6 Å². The fourth-order valence-electron chi connectivity index (χ4n) is 8.69. The molecule has 0 fully saturated rings. The number of aromatic nitrogens is 9. The van der Waals surface area contributed by atoms with E-state index in [0.717, 1.165) is 0 Å². The molecule has 9 aromatic rings. The number of nitrogens with zero attached hydrogens (tertiary/aromatic N) is 9. The second kappa shape index (κ2) is 43.0. The van der Waals surface area contributed by atoms with Gasteiger partial charge in [-0.3, -0.25) is 29.9 Å². The molecule has 6 atom stereocenters. The maximum atomic E-state index is 13.6. The summed E-state index contributed by atoms with van der Waals surface area (Å²) in [7, 11) is -9.89. The monoisotopic (exact) mass is 1610 g/mol. The topological polar surface area (TPSA) is 506 Å². The molecule has 0 aliphatic carbocycles. The second-order valence-corrected chi connectivity index (χ2v) is 20.5. The molecule has 30 nitrogen and oxygen atoms in total. The standard InChI is InChI=1S/3C21H22N3O4.C2H6O.2ClHO4.Cu.Gd/c3*1-3-27-20(25,16-10-5-7-14-22-16)18-12-9-13-19(24-18)21(26,28-4-2)17-11-6-8-15-23-17;1-2-3;2*2-1(3,4)5;;/h3*5-15,25H,3-4H2,1-2H3;3H,2H2,1H3;2*(H,2,3,4,5);;/q3*-1;;;;+2;+3/p-2/t3*20-,21-;;;;;/m111...../s1. The maximum absolute atomic E-state index is 13.6. The number of hydrogen-bond acceptors (Lipinski definition) is 30. The molecule has 9 aromatic heterocycles. The third-order valence-corrected chi connectivity index (χ3v) is 12.4. The van der Waals surface area contributed by atoms with Crippen molar-refractivity contribution in [1.82, 2.24) is 44.9 Å². The molecule has 9 heterocycles. The third kappa shape index (κ3) is 26.4. The van der Waals surface area contributed by atoms with E-state index in [1.165, 1.54) is 18.6 Å². The first-order valence-electron chi connectivity index (χ1n) is 29.4. The van der Waals surface area contributed by atoms with Gasteiger partial charge in [-0.15, -0.1) is 20.5 Å². The minimum Gasteiger partial charge on any atom is -0.819 e. The van der Waals surface area contributed by atoms with Crippen LogP contribution < -0.4 is 52.6 Å². The van der Waals surface area contributed by atoms with Gasteiger partial charge in [0, 0.05) is 83.4 Å². The largest absolute Gasteiger partial charge is 3.00 e. The number of hydrogen-bond donors (Lipinski definition) is 4. The van der Waals surface area contributed by atoms with Gasteiger partial charge < -0.3 is 64.2 Å². The molecule has 0 aromatic carbocycles. The van der Waals surface area contributed by atoms with E-state index in [2.05, 4.69) is 44.9 Å².